The lowest BCUT2D eigenvalue weighted by atomic mass is 10.1. The van der Waals surface area contributed by atoms with Crippen LogP contribution in [-0.2, 0) is 17.8 Å². The number of para-hydroxylation sites is 1. The summed E-state index contributed by atoms with van der Waals surface area (Å²) in [5, 5.41) is 3.35. The van der Waals surface area contributed by atoms with Crippen LogP contribution in [0.3, 0.4) is 0 Å². The van der Waals surface area contributed by atoms with E-state index in [-0.39, 0.29) is 18.3 Å². The number of aryl methyl sites for hydroxylation is 1. The fourth-order valence-electron chi connectivity index (χ4n) is 3.06. The highest BCUT2D eigenvalue weighted by molar-refractivity contribution is 8.18. The van der Waals surface area contributed by atoms with E-state index in [4.69, 9.17) is 4.74 Å². The number of aliphatic imine (C=N–C) groups is 1. The van der Waals surface area contributed by atoms with Gasteiger partial charge in [-0.05, 0) is 65.7 Å². The second-order valence-corrected chi connectivity index (χ2v) is 7.99. The Bertz CT molecular complexity index is 1160. The van der Waals surface area contributed by atoms with Crippen LogP contribution in [0.2, 0.25) is 0 Å². The van der Waals surface area contributed by atoms with Crippen LogP contribution in [0.1, 0.15) is 23.6 Å². The summed E-state index contributed by atoms with van der Waals surface area (Å²) in [5.74, 6) is 0.119. The highest BCUT2D eigenvalue weighted by atomic mass is 32.2. The number of amides is 1. The molecule has 0 bridgehead atoms. The van der Waals surface area contributed by atoms with Crippen molar-refractivity contribution in [2.75, 3.05) is 0 Å². The first kappa shape index (κ1) is 20.9. The third-order valence-electron chi connectivity index (χ3n) is 4.72. The summed E-state index contributed by atoms with van der Waals surface area (Å²) < 4.78 is 19.3. The lowest BCUT2D eigenvalue weighted by Gasteiger charge is -2.09. The van der Waals surface area contributed by atoms with Gasteiger partial charge in [-0.3, -0.25) is 4.79 Å². The number of hydrogen-bond donors (Lipinski definition) is 1. The number of thioether (sulfide) groups is 1. The predicted molar refractivity (Wildman–Crippen MR) is 124 cm³/mol. The fourth-order valence-corrected chi connectivity index (χ4v) is 3.90. The maximum atomic E-state index is 13.4. The molecule has 0 aromatic heterocycles. The SMILES string of the molecule is CCc1ccc(N=C2NC(=O)/C(=C/c3ccccc3OCc3cccc(F)c3)S2)cc1. The van der Waals surface area contributed by atoms with Crippen LogP contribution in [0, 0.1) is 5.82 Å². The van der Waals surface area contributed by atoms with Gasteiger partial charge < -0.3 is 10.1 Å². The summed E-state index contributed by atoms with van der Waals surface area (Å²) in [5.41, 5.74) is 3.53. The number of rotatable bonds is 6. The number of nitrogens with zero attached hydrogens (tertiary/aromatic N) is 1. The number of amidine groups is 1. The molecule has 6 heteroatoms. The molecule has 0 saturated carbocycles. The minimum absolute atomic E-state index is 0.200. The average Bonchev–Trinajstić information content (AvgIpc) is 3.12. The molecule has 1 N–H and O–H groups in total. The first-order valence-electron chi connectivity index (χ1n) is 9.95. The molecule has 1 aliphatic rings. The summed E-state index contributed by atoms with van der Waals surface area (Å²) in [4.78, 5) is 17.5. The average molecular weight is 433 g/mol. The zero-order chi connectivity index (χ0) is 21.6. The van der Waals surface area contributed by atoms with E-state index in [1.165, 1.54) is 29.5 Å². The summed E-state index contributed by atoms with van der Waals surface area (Å²) in [6, 6.07) is 21.7. The molecule has 1 heterocycles. The molecule has 156 valence electrons. The first-order chi connectivity index (χ1) is 15.1. The Morgan fingerprint density at radius 3 is 2.61 bits per heavy atom. The van der Waals surface area contributed by atoms with Crippen LogP contribution in [0.4, 0.5) is 10.1 Å². The van der Waals surface area contributed by atoms with Gasteiger partial charge in [0.15, 0.2) is 5.17 Å². The van der Waals surface area contributed by atoms with E-state index in [2.05, 4.69) is 17.2 Å². The number of hydrogen-bond acceptors (Lipinski definition) is 4. The van der Waals surface area contributed by atoms with Crippen LogP contribution in [0.5, 0.6) is 5.75 Å². The molecule has 1 fully saturated rings. The zero-order valence-corrected chi connectivity index (χ0v) is 17.8. The topological polar surface area (TPSA) is 50.7 Å². The van der Waals surface area contributed by atoms with Gasteiger partial charge in [0, 0.05) is 5.56 Å². The minimum atomic E-state index is -0.299. The number of carbonyl (C=O) groups is 1. The van der Waals surface area contributed by atoms with Gasteiger partial charge in [0.1, 0.15) is 18.2 Å². The molecular formula is C25H21FN2O2S. The molecule has 0 unspecified atom stereocenters. The molecule has 1 aliphatic heterocycles. The van der Waals surface area contributed by atoms with E-state index < -0.39 is 0 Å². The van der Waals surface area contributed by atoms with Crippen molar-refractivity contribution in [1.82, 2.24) is 5.32 Å². The Labute approximate surface area is 184 Å². The minimum Gasteiger partial charge on any atom is -0.488 e. The number of benzene rings is 3. The van der Waals surface area contributed by atoms with Crippen LogP contribution >= 0.6 is 11.8 Å². The summed E-state index contributed by atoms with van der Waals surface area (Å²) in [6.45, 7) is 2.34. The molecule has 31 heavy (non-hydrogen) atoms. The van der Waals surface area contributed by atoms with Crippen molar-refractivity contribution in [1.29, 1.82) is 0 Å². The number of halogens is 1. The van der Waals surface area contributed by atoms with Crippen molar-refractivity contribution in [3.63, 3.8) is 0 Å². The molecule has 3 aromatic carbocycles. The summed E-state index contributed by atoms with van der Waals surface area (Å²) in [6.07, 6.45) is 2.75. The standard InChI is InChI=1S/C25H21FN2O2S/c1-2-17-10-12-21(13-11-17)27-25-28-24(29)23(31-25)15-19-7-3-4-9-22(19)30-16-18-6-5-8-20(26)14-18/h3-15H,2,16H2,1H3,(H,27,28,29)/b23-15-. The van der Waals surface area contributed by atoms with Crippen molar-refractivity contribution < 1.29 is 13.9 Å². The van der Waals surface area contributed by atoms with Crippen LogP contribution in [-0.4, -0.2) is 11.1 Å². The van der Waals surface area contributed by atoms with Crippen LogP contribution < -0.4 is 10.1 Å². The third kappa shape index (κ3) is 5.41. The summed E-state index contributed by atoms with van der Waals surface area (Å²) in [7, 11) is 0. The van der Waals surface area contributed by atoms with Crippen LogP contribution in [0.25, 0.3) is 6.08 Å². The molecule has 0 atom stereocenters. The van der Waals surface area contributed by atoms with Gasteiger partial charge in [-0.2, -0.15) is 0 Å². The lowest BCUT2D eigenvalue weighted by Crippen LogP contribution is -2.19. The van der Waals surface area contributed by atoms with Gasteiger partial charge in [0.2, 0.25) is 0 Å². The van der Waals surface area contributed by atoms with E-state index >= 15 is 0 Å². The molecule has 1 saturated heterocycles. The zero-order valence-electron chi connectivity index (χ0n) is 17.0. The van der Waals surface area contributed by atoms with Gasteiger partial charge in [-0.25, -0.2) is 9.38 Å². The van der Waals surface area contributed by atoms with Gasteiger partial charge in [-0.1, -0.05) is 49.4 Å². The number of nitrogens with one attached hydrogen (secondary N) is 1. The Morgan fingerprint density at radius 1 is 1.03 bits per heavy atom. The Balaban J connectivity index is 1.50. The number of ether oxygens (including phenoxy) is 1. The quantitative estimate of drug-likeness (QED) is 0.497. The molecule has 0 radical (unpaired) electrons. The van der Waals surface area contributed by atoms with Crippen molar-refractivity contribution in [2.45, 2.75) is 20.0 Å². The maximum absolute atomic E-state index is 13.4. The van der Waals surface area contributed by atoms with Crippen LogP contribution in [0.15, 0.2) is 82.7 Å². The molecule has 0 aliphatic carbocycles. The van der Waals surface area contributed by atoms with Gasteiger partial charge in [0.25, 0.3) is 5.91 Å². The smallest absolute Gasteiger partial charge is 0.264 e. The first-order valence-corrected chi connectivity index (χ1v) is 10.8. The number of carbonyl (C=O) groups excluding carboxylic acids is 1. The van der Waals surface area contributed by atoms with Gasteiger partial charge >= 0.3 is 0 Å². The molecule has 4 nitrogen and oxygen atoms in total. The predicted octanol–water partition coefficient (Wildman–Crippen LogP) is 5.86. The van der Waals surface area contributed by atoms with E-state index in [1.54, 1.807) is 18.2 Å². The van der Waals surface area contributed by atoms with Gasteiger partial charge in [0.05, 0.1) is 10.6 Å². The molecule has 3 aromatic rings. The Hall–Kier alpha value is -3.38. The Morgan fingerprint density at radius 2 is 1.84 bits per heavy atom. The molecule has 4 rings (SSSR count). The lowest BCUT2D eigenvalue weighted by molar-refractivity contribution is -0.115. The van der Waals surface area contributed by atoms with E-state index in [0.717, 1.165) is 23.2 Å². The van der Waals surface area contributed by atoms with Crippen molar-refractivity contribution in [3.8, 4) is 5.75 Å². The highest BCUT2D eigenvalue weighted by Gasteiger charge is 2.24. The summed E-state index contributed by atoms with van der Waals surface area (Å²) >= 11 is 1.29. The van der Waals surface area contributed by atoms with Crippen molar-refractivity contribution in [3.05, 3.63) is 100 Å². The van der Waals surface area contributed by atoms with Gasteiger partial charge in [-0.15, -0.1) is 0 Å². The molecule has 1 amide bonds. The second-order valence-electron chi connectivity index (χ2n) is 6.96. The van der Waals surface area contributed by atoms with E-state index in [9.17, 15) is 9.18 Å². The van der Waals surface area contributed by atoms with Crippen molar-refractivity contribution >= 4 is 34.6 Å². The van der Waals surface area contributed by atoms with E-state index in [1.807, 2.05) is 48.5 Å². The molecular weight excluding hydrogens is 411 g/mol. The third-order valence-corrected chi connectivity index (χ3v) is 5.62. The van der Waals surface area contributed by atoms with Crippen molar-refractivity contribution in [2.24, 2.45) is 4.99 Å². The largest absolute Gasteiger partial charge is 0.488 e. The Kier molecular flexibility index (Phi) is 6.48. The normalized spacial score (nSPS) is 16.0. The van der Waals surface area contributed by atoms with E-state index in [0.29, 0.717) is 15.8 Å². The maximum Gasteiger partial charge on any atom is 0.264 e. The molecule has 0 spiro atoms. The monoisotopic (exact) mass is 432 g/mol. The fraction of sp³-hybridized carbons (Fsp3) is 0.120. The second kappa shape index (κ2) is 9.62. The highest BCUT2D eigenvalue weighted by Crippen LogP contribution is 2.31.